The molecule has 1 aromatic rings. The van der Waals surface area contributed by atoms with E-state index in [-0.39, 0.29) is 5.41 Å². The van der Waals surface area contributed by atoms with E-state index in [0.29, 0.717) is 18.7 Å². The third-order valence-corrected chi connectivity index (χ3v) is 2.88. The molecule has 1 saturated heterocycles. The summed E-state index contributed by atoms with van der Waals surface area (Å²) in [5.74, 6) is 0.852. The highest BCUT2D eigenvalue weighted by atomic mass is 16.5. The van der Waals surface area contributed by atoms with Crippen LogP contribution in [0, 0.1) is 0 Å². The number of anilines is 1. The number of hydrogen-bond donors (Lipinski definition) is 2. The Morgan fingerprint density at radius 2 is 2.11 bits per heavy atom. The second-order valence-corrected chi connectivity index (χ2v) is 5.60. The first-order valence-corrected chi connectivity index (χ1v) is 6.48. The molecule has 2 heterocycles. The van der Waals surface area contributed by atoms with Crippen LogP contribution < -0.4 is 15.4 Å². The second kappa shape index (κ2) is 5.10. The molecule has 1 aliphatic rings. The zero-order valence-electron chi connectivity index (χ0n) is 11.6. The zero-order valence-corrected chi connectivity index (χ0v) is 11.6. The molecule has 0 aliphatic carbocycles. The Kier molecular flexibility index (Phi) is 3.71. The Balaban J connectivity index is 2.23. The smallest absolute Gasteiger partial charge is 0.318 e. The van der Waals surface area contributed by atoms with Crippen LogP contribution in [0.5, 0.6) is 6.01 Å². The first kappa shape index (κ1) is 13.1. The molecule has 0 radical (unpaired) electrons. The monoisotopic (exact) mass is 250 g/mol. The maximum atomic E-state index is 5.44. The van der Waals surface area contributed by atoms with Gasteiger partial charge in [0.25, 0.3) is 0 Å². The number of ether oxygens (including phenoxy) is 1. The number of nitrogens with one attached hydrogen (secondary N) is 2. The van der Waals surface area contributed by atoms with Crippen molar-refractivity contribution in [2.75, 3.05) is 25.0 Å². The molecule has 0 amide bonds. The van der Waals surface area contributed by atoms with Gasteiger partial charge in [-0.05, 0) is 6.92 Å². The highest BCUT2D eigenvalue weighted by Crippen LogP contribution is 2.24. The molecule has 2 rings (SSSR count). The maximum absolute atomic E-state index is 5.44. The van der Waals surface area contributed by atoms with Gasteiger partial charge in [0.15, 0.2) is 0 Å². The number of hydrogen-bond acceptors (Lipinski definition) is 5. The first-order chi connectivity index (χ1) is 8.49. The van der Waals surface area contributed by atoms with E-state index in [0.717, 1.165) is 24.6 Å². The van der Waals surface area contributed by atoms with E-state index in [2.05, 4.69) is 41.4 Å². The molecular weight excluding hydrogens is 228 g/mol. The van der Waals surface area contributed by atoms with Crippen LogP contribution in [-0.2, 0) is 5.41 Å². The summed E-state index contributed by atoms with van der Waals surface area (Å²) >= 11 is 0. The quantitative estimate of drug-likeness (QED) is 0.849. The molecule has 0 spiro atoms. The van der Waals surface area contributed by atoms with Crippen molar-refractivity contribution in [3.8, 4) is 6.01 Å². The fourth-order valence-corrected chi connectivity index (χ4v) is 1.68. The minimum atomic E-state index is -0.0108. The van der Waals surface area contributed by atoms with Crippen molar-refractivity contribution in [1.82, 2.24) is 15.3 Å². The van der Waals surface area contributed by atoms with Crippen molar-refractivity contribution < 1.29 is 4.74 Å². The minimum Gasteiger partial charge on any atom is -0.464 e. The molecule has 100 valence electrons. The average molecular weight is 250 g/mol. The van der Waals surface area contributed by atoms with Gasteiger partial charge in [0.1, 0.15) is 5.82 Å². The predicted molar refractivity (Wildman–Crippen MR) is 72.2 cm³/mol. The van der Waals surface area contributed by atoms with E-state index in [1.165, 1.54) is 0 Å². The molecule has 0 unspecified atom stereocenters. The van der Waals surface area contributed by atoms with Gasteiger partial charge in [0.2, 0.25) is 0 Å². The summed E-state index contributed by atoms with van der Waals surface area (Å²) < 4.78 is 5.44. The summed E-state index contributed by atoms with van der Waals surface area (Å²) in [5, 5.41) is 6.62. The normalized spacial score (nSPS) is 16.2. The third kappa shape index (κ3) is 3.10. The van der Waals surface area contributed by atoms with Crippen LogP contribution in [0.2, 0.25) is 0 Å². The maximum Gasteiger partial charge on any atom is 0.318 e. The number of nitrogens with zero attached hydrogens (tertiary/aromatic N) is 2. The standard InChI is InChI=1S/C13H22N4O/c1-5-18-12-16-10(13(2,3)4)6-11(17-12)15-9-7-14-8-9/h6,9,14H,5,7-8H2,1-4H3,(H,15,16,17). The van der Waals surface area contributed by atoms with Gasteiger partial charge in [0, 0.05) is 24.6 Å². The van der Waals surface area contributed by atoms with Crippen LogP contribution in [-0.4, -0.2) is 35.7 Å². The summed E-state index contributed by atoms with van der Waals surface area (Å²) in [6, 6.07) is 2.93. The lowest BCUT2D eigenvalue weighted by molar-refractivity contribution is 0.309. The van der Waals surface area contributed by atoms with Gasteiger partial charge in [-0.25, -0.2) is 0 Å². The van der Waals surface area contributed by atoms with Gasteiger partial charge in [-0.3, -0.25) is 0 Å². The first-order valence-electron chi connectivity index (χ1n) is 6.48. The minimum absolute atomic E-state index is 0.0108. The molecule has 0 aromatic carbocycles. The van der Waals surface area contributed by atoms with Crippen LogP contribution in [0.4, 0.5) is 5.82 Å². The SMILES string of the molecule is CCOc1nc(NC2CNC2)cc(C(C)(C)C)n1. The molecule has 1 aromatic heterocycles. The van der Waals surface area contributed by atoms with Crippen molar-refractivity contribution in [2.45, 2.75) is 39.2 Å². The largest absolute Gasteiger partial charge is 0.464 e. The highest BCUT2D eigenvalue weighted by molar-refractivity contribution is 5.40. The Hall–Kier alpha value is -1.36. The predicted octanol–water partition coefficient (Wildman–Crippen LogP) is 1.56. The van der Waals surface area contributed by atoms with Gasteiger partial charge in [-0.2, -0.15) is 9.97 Å². The second-order valence-electron chi connectivity index (χ2n) is 5.60. The zero-order chi connectivity index (χ0) is 13.2. The Labute approximate surface area is 108 Å². The van der Waals surface area contributed by atoms with E-state index in [9.17, 15) is 0 Å². The van der Waals surface area contributed by atoms with E-state index in [4.69, 9.17) is 4.74 Å². The molecule has 5 heteroatoms. The number of aromatic nitrogens is 2. The topological polar surface area (TPSA) is 59.1 Å². The molecule has 5 nitrogen and oxygen atoms in total. The van der Waals surface area contributed by atoms with Crippen molar-refractivity contribution in [3.63, 3.8) is 0 Å². The van der Waals surface area contributed by atoms with E-state index in [1.54, 1.807) is 0 Å². The Bertz CT molecular complexity index is 410. The summed E-state index contributed by atoms with van der Waals surface area (Å²) in [5.41, 5.74) is 0.985. The Morgan fingerprint density at radius 3 is 2.61 bits per heavy atom. The van der Waals surface area contributed by atoms with E-state index >= 15 is 0 Å². The van der Waals surface area contributed by atoms with Crippen molar-refractivity contribution in [2.24, 2.45) is 0 Å². The molecule has 1 fully saturated rings. The van der Waals surface area contributed by atoms with Crippen molar-refractivity contribution in [3.05, 3.63) is 11.8 Å². The van der Waals surface area contributed by atoms with Gasteiger partial charge >= 0.3 is 6.01 Å². The van der Waals surface area contributed by atoms with Crippen molar-refractivity contribution >= 4 is 5.82 Å². The van der Waals surface area contributed by atoms with Crippen LogP contribution in [0.1, 0.15) is 33.4 Å². The van der Waals surface area contributed by atoms with E-state index < -0.39 is 0 Å². The van der Waals surface area contributed by atoms with Crippen LogP contribution in [0.15, 0.2) is 6.07 Å². The molecule has 18 heavy (non-hydrogen) atoms. The summed E-state index contributed by atoms with van der Waals surface area (Å²) in [6.45, 7) is 10.9. The van der Waals surface area contributed by atoms with Gasteiger partial charge in [0.05, 0.1) is 18.3 Å². The average Bonchev–Trinajstić information content (AvgIpc) is 2.23. The molecule has 0 saturated carbocycles. The highest BCUT2D eigenvalue weighted by Gasteiger charge is 2.21. The summed E-state index contributed by atoms with van der Waals surface area (Å²) in [6.07, 6.45) is 0. The van der Waals surface area contributed by atoms with Crippen LogP contribution >= 0.6 is 0 Å². The molecule has 1 aliphatic heterocycles. The summed E-state index contributed by atoms with van der Waals surface area (Å²) in [4.78, 5) is 8.84. The lowest BCUT2D eigenvalue weighted by Crippen LogP contribution is -2.51. The van der Waals surface area contributed by atoms with Crippen LogP contribution in [0.3, 0.4) is 0 Å². The van der Waals surface area contributed by atoms with Crippen molar-refractivity contribution in [1.29, 1.82) is 0 Å². The van der Waals surface area contributed by atoms with Gasteiger partial charge in [-0.1, -0.05) is 20.8 Å². The molecule has 2 N–H and O–H groups in total. The molecule has 0 atom stereocenters. The molecule has 0 bridgehead atoms. The molecular formula is C13H22N4O. The van der Waals surface area contributed by atoms with E-state index in [1.807, 2.05) is 13.0 Å². The van der Waals surface area contributed by atoms with Gasteiger partial charge < -0.3 is 15.4 Å². The Morgan fingerprint density at radius 1 is 1.39 bits per heavy atom. The summed E-state index contributed by atoms with van der Waals surface area (Å²) in [7, 11) is 0. The number of rotatable bonds is 4. The fraction of sp³-hybridized carbons (Fsp3) is 0.692. The lowest BCUT2D eigenvalue weighted by Gasteiger charge is -2.29. The van der Waals surface area contributed by atoms with Crippen LogP contribution in [0.25, 0.3) is 0 Å². The third-order valence-electron chi connectivity index (χ3n) is 2.88. The fourth-order valence-electron chi connectivity index (χ4n) is 1.68. The lowest BCUT2D eigenvalue weighted by atomic mass is 9.92. The van der Waals surface area contributed by atoms with Gasteiger partial charge in [-0.15, -0.1) is 0 Å².